The summed E-state index contributed by atoms with van der Waals surface area (Å²) in [7, 11) is 1.61. The summed E-state index contributed by atoms with van der Waals surface area (Å²) in [6, 6.07) is 0.123. The zero-order valence-electron chi connectivity index (χ0n) is 12.1. The van der Waals surface area contributed by atoms with Gasteiger partial charge in [-0.15, -0.1) is 0 Å². The van der Waals surface area contributed by atoms with Gasteiger partial charge in [-0.1, -0.05) is 13.3 Å². The summed E-state index contributed by atoms with van der Waals surface area (Å²) in [4.78, 5) is 25.6. The average Bonchev–Trinajstić information content (AvgIpc) is 2.87. The molecule has 1 aliphatic rings. The highest BCUT2D eigenvalue weighted by molar-refractivity contribution is 5.85. The van der Waals surface area contributed by atoms with Gasteiger partial charge in [0, 0.05) is 19.7 Å². The van der Waals surface area contributed by atoms with E-state index in [-0.39, 0.29) is 17.9 Å². The van der Waals surface area contributed by atoms with Crippen molar-refractivity contribution in [3.63, 3.8) is 0 Å². The van der Waals surface area contributed by atoms with Gasteiger partial charge in [0.25, 0.3) is 0 Å². The van der Waals surface area contributed by atoms with Crippen molar-refractivity contribution in [2.24, 2.45) is 11.8 Å². The molecule has 19 heavy (non-hydrogen) atoms. The lowest BCUT2D eigenvalue weighted by molar-refractivity contribution is -0.150. The van der Waals surface area contributed by atoms with Crippen LogP contribution in [-0.2, 0) is 14.3 Å². The van der Waals surface area contributed by atoms with Crippen LogP contribution in [0.15, 0.2) is 0 Å². The summed E-state index contributed by atoms with van der Waals surface area (Å²) in [5.41, 5.74) is 0. The number of methoxy groups -OCH3 is 1. The van der Waals surface area contributed by atoms with Crippen molar-refractivity contribution >= 4 is 11.9 Å². The fourth-order valence-corrected chi connectivity index (χ4v) is 2.72. The molecule has 5 nitrogen and oxygen atoms in total. The van der Waals surface area contributed by atoms with Gasteiger partial charge in [-0.2, -0.15) is 0 Å². The van der Waals surface area contributed by atoms with Crippen LogP contribution in [0, 0.1) is 11.8 Å². The predicted molar refractivity (Wildman–Crippen MR) is 71.8 cm³/mol. The molecule has 1 fully saturated rings. The largest absolute Gasteiger partial charge is 0.481 e. The highest BCUT2D eigenvalue weighted by atomic mass is 16.5. The molecule has 5 heteroatoms. The number of carbonyl (C=O) groups excluding carboxylic acids is 1. The minimum atomic E-state index is -0.841. The Bertz CT molecular complexity index is 319. The minimum absolute atomic E-state index is 0.0173. The van der Waals surface area contributed by atoms with Crippen LogP contribution in [-0.4, -0.2) is 48.2 Å². The maximum Gasteiger partial charge on any atom is 0.307 e. The lowest BCUT2D eigenvalue weighted by Gasteiger charge is -2.32. The first-order chi connectivity index (χ1) is 9.02. The normalized spacial score (nSPS) is 24.2. The summed E-state index contributed by atoms with van der Waals surface area (Å²) in [6.45, 7) is 5.05. The van der Waals surface area contributed by atoms with Crippen LogP contribution in [0.1, 0.15) is 39.5 Å². The van der Waals surface area contributed by atoms with Crippen LogP contribution in [0.3, 0.4) is 0 Å². The van der Waals surface area contributed by atoms with Gasteiger partial charge < -0.3 is 14.7 Å². The molecule has 0 aromatic heterocycles. The van der Waals surface area contributed by atoms with Crippen LogP contribution in [0.4, 0.5) is 0 Å². The number of amides is 1. The van der Waals surface area contributed by atoms with E-state index in [9.17, 15) is 14.7 Å². The van der Waals surface area contributed by atoms with Crippen molar-refractivity contribution in [1.82, 2.24) is 4.90 Å². The quantitative estimate of drug-likeness (QED) is 0.766. The van der Waals surface area contributed by atoms with Crippen LogP contribution < -0.4 is 0 Å². The molecule has 0 bridgehead atoms. The lowest BCUT2D eigenvalue weighted by Crippen LogP contribution is -2.45. The smallest absolute Gasteiger partial charge is 0.307 e. The standard InChI is InChI=1S/C14H25NO4/c1-4-10(2)15(8-9-19-3)13(16)11-6-5-7-12(11)14(17)18/h10-12H,4-9H2,1-3H3,(H,17,18)/t10?,11-,12+/m1/s1. The number of carboxylic acids is 1. The molecule has 110 valence electrons. The Hall–Kier alpha value is -1.10. The topological polar surface area (TPSA) is 66.8 Å². The van der Waals surface area contributed by atoms with Crippen LogP contribution in [0.25, 0.3) is 0 Å². The molecule has 0 radical (unpaired) electrons. The molecule has 0 saturated heterocycles. The number of ether oxygens (including phenoxy) is 1. The molecule has 0 spiro atoms. The number of carbonyl (C=O) groups is 2. The van der Waals surface area contributed by atoms with Gasteiger partial charge in [0.15, 0.2) is 0 Å². The summed E-state index contributed by atoms with van der Waals surface area (Å²) < 4.78 is 5.04. The molecule has 1 aliphatic carbocycles. The Morgan fingerprint density at radius 1 is 1.37 bits per heavy atom. The van der Waals surface area contributed by atoms with Crippen molar-refractivity contribution in [1.29, 1.82) is 0 Å². The number of nitrogens with zero attached hydrogens (tertiary/aromatic N) is 1. The van der Waals surface area contributed by atoms with Gasteiger partial charge >= 0.3 is 5.97 Å². The van der Waals surface area contributed by atoms with E-state index in [0.717, 1.165) is 12.8 Å². The van der Waals surface area contributed by atoms with E-state index >= 15 is 0 Å². The number of hydrogen-bond donors (Lipinski definition) is 1. The summed E-state index contributed by atoms with van der Waals surface area (Å²) in [5, 5.41) is 9.19. The third-order valence-electron chi connectivity index (χ3n) is 4.09. The van der Waals surface area contributed by atoms with Gasteiger partial charge in [-0.3, -0.25) is 9.59 Å². The highest BCUT2D eigenvalue weighted by Crippen LogP contribution is 2.33. The first kappa shape index (κ1) is 16.0. The highest BCUT2D eigenvalue weighted by Gasteiger charge is 2.40. The fourth-order valence-electron chi connectivity index (χ4n) is 2.72. The third-order valence-corrected chi connectivity index (χ3v) is 4.09. The van der Waals surface area contributed by atoms with Crippen molar-refractivity contribution < 1.29 is 19.4 Å². The van der Waals surface area contributed by atoms with E-state index in [1.807, 2.05) is 13.8 Å². The van der Waals surface area contributed by atoms with Gasteiger partial charge in [0.05, 0.1) is 18.4 Å². The van der Waals surface area contributed by atoms with Crippen molar-refractivity contribution in [2.45, 2.75) is 45.6 Å². The Morgan fingerprint density at radius 3 is 2.53 bits per heavy atom. The van der Waals surface area contributed by atoms with Gasteiger partial charge in [0.2, 0.25) is 5.91 Å². The van der Waals surface area contributed by atoms with Gasteiger partial charge in [-0.25, -0.2) is 0 Å². The molecule has 0 aromatic rings. The molecular weight excluding hydrogens is 246 g/mol. The molecular formula is C14H25NO4. The monoisotopic (exact) mass is 271 g/mol. The Kier molecular flexibility index (Phi) is 6.28. The van der Waals surface area contributed by atoms with Crippen molar-refractivity contribution in [2.75, 3.05) is 20.3 Å². The molecule has 0 aliphatic heterocycles. The molecule has 0 heterocycles. The zero-order chi connectivity index (χ0) is 14.4. The maximum atomic E-state index is 12.6. The van der Waals surface area contributed by atoms with E-state index in [1.165, 1.54) is 0 Å². The average molecular weight is 271 g/mol. The molecule has 0 aromatic carbocycles. The third kappa shape index (κ3) is 3.93. The Balaban J connectivity index is 2.77. The van der Waals surface area contributed by atoms with E-state index in [4.69, 9.17) is 4.74 Å². The van der Waals surface area contributed by atoms with Crippen LogP contribution in [0.2, 0.25) is 0 Å². The van der Waals surface area contributed by atoms with Gasteiger partial charge in [-0.05, 0) is 26.2 Å². The molecule has 1 saturated carbocycles. The van der Waals surface area contributed by atoms with Crippen LogP contribution in [0.5, 0.6) is 0 Å². The van der Waals surface area contributed by atoms with E-state index in [0.29, 0.717) is 26.0 Å². The molecule has 1 rings (SSSR count). The minimum Gasteiger partial charge on any atom is -0.481 e. The summed E-state index contributed by atoms with van der Waals surface area (Å²) in [5.74, 6) is -1.73. The maximum absolute atomic E-state index is 12.6. The lowest BCUT2D eigenvalue weighted by atomic mass is 9.94. The second-order valence-electron chi connectivity index (χ2n) is 5.26. The Morgan fingerprint density at radius 2 is 2.00 bits per heavy atom. The first-order valence-corrected chi connectivity index (χ1v) is 7.05. The molecule has 1 unspecified atom stereocenters. The van der Waals surface area contributed by atoms with E-state index < -0.39 is 11.9 Å². The van der Waals surface area contributed by atoms with Crippen LogP contribution >= 0.6 is 0 Å². The van der Waals surface area contributed by atoms with E-state index in [1.54, 1.807) is 12.0 Å². The molecule has 1 N–H and O–H groups in total. The zero-order valence-corrected chi connectivity index (χ0v) is 12.1. The second-order valence-corrected chi connectivity index (χ2v) is 5.26. The number of rotatable bonds is 7. The number of aliphatic carboxylic acids is 1. The first-order valence-electron chi connectivity index (χ1n) is 7.05. The van der Waals surface area contributed by atoms with Crippen molar-refractivity contribution in [3.05, 3.63) is 0 Å². The second kappa shape index (κ2) is 7.48. The summed E-state index contributed by atoms with van der Waals surface area (Å²) in [6.07, 6.45) is 2.99. The Labute approximate surface area is 114 Å². The molecule has 3 atom stereocenters. The predicted octanol–water partition coefficient (Wildman–Crippen LogP) is 1.76. The van der Waals surface area contributed by atoms with Crippen molar-refractivity contribution in [3.8, 4) is 0 Å². The fraction of sp³-hybridized carbons (Fsp3) is 0.857. The summed E-state index contributed by atoms with van der Waals surface area (Å²) >= 11 is 0. The van der Waals surface area contributed by atoms with Gasteiger partial charge in [0.1, 0.15) is 0 Å². The van der Waals surface area contributed by atoms with E-state index in [2.05, 4.69) is 0 Å². The molecule has 1 amide bonds. The number of carboxylic acid groups (broad SMARTS) is 1. The number of hydrogen-bond acceptors (Lipinski definition) is 3. The SMILES string of the molecule is CCC(C)N(CCOC)C(=O)[C@@H]1CCC[C@@H]1C(=O)O.